The molecule has 0 aromatic heterocycles. The number of hydrazine groups is 1. The van der Waals surface area contributed by atoms with Crippen LogP contribution in [-0.2, 0) is 0 Å². The fraction of sp³-hybridized carbons (Fsp3) is 1.00. The molecule has 0 spiro atoms. The topological polar surface area (TPSA) is 70.7 Å². The number of hydrogen-bond acceptors (Lipinski definition) is 2. The summed E-state index contributed by atoms with van der Waals surface area (Å²) in [4.78, 5) is 0.00463. The Morgan fingerprint density at radius 3 is 2.22 bits per heavy atom. The van der Waals surface area contributed by atoms with E-state index in [4.69, 9.17) is 5.21 Å². The van der Waals surface area contributed by atoms with Gasteiger partial charge in [-0.15, -0.1) is 0 Å². The van der Waals surface area contributed by atoms with E-state index in [0.717, 1.165) is 0 Å². The molecule has 0 atom stereocenters. The summed E-state index contributed by atoms with van der Waals surface area (Å²) < 4.78 is 0. The van der Waals surface area contributed by atoms with Crippen molar-refractivity contribution in [3.8, 4) is 0 Å². The van der Waals surface area contributed by atoms with Gasteiger partial charge in [0.2, 0.25) is 5.28 Å². The van der Waals surface area contributed by atoms with Crippen molar-refractivity contribution in [2.24, 2.45) is 5.28 Å². The molecule has 0 radical (unpaired) electrons. The first-order valence-corrected chi connectivity index (χ1v) is 2.25. The van der Waals surface area contributed by atoms with Gasteiger partial charge >= 0.3 is 29.6 Å². The minimum absolute atomic E-state index is 0. The normalized spacial score (nSPS) is 10.8. The van der Waals surface area contributed by atoms with Crippen LogP contribution in [0.5, 0.6) is 0 Å². The Kier molecular flexibility index (Phi) is 8.00. The third kappa shape index (κ3) is 8.00. The van der Waals surface area contributed by atoms with E-state index < -0.39 is 0 Å². The van der Waals surface area contributed by atoms with Crippen molar-refractivity contribution in [2.75, 3.05) is 0 Å². The Bertz CT molecular complexity index is 95.1. The fourth-order valence-corrected chi connectivity index (χ4v) is 0.247. The molecular weight excluding hydrogens is 133 g/mol. The van der Waals surface area contributed by atoms with Crippen molar-refractivity contribution in [3.63, 3.8) is 0 Å². The second-order valence-corrected chi connectivity index (χ2v) is 1.65. The number of nitrogens with zero attached hydrogens (tertiary/aromatic N) is 2. The van der Waals surface area contributed by atoms with Gasteiger partial charge in [-0.05, 0) is 13.8 Å². The quantitative estimate of drug-likeness (QED) is 0.239. The van der Waals surface area contributed by atoms with Crippen LogP contribution in [0.15, 0.2) is 5.28 Å². The summed E-state index contributed by atoms with van der Waals surface area (Å²) in [5.74, 6) is 0. The molecule has 50 valence electrons. The van der Waals surface area contributed by atoms with Gasteiger partial charge in [-0.1, -0.05) is 0 Å². The van der Waals surface area contributed by atoms with Crippen LogP contribution in [-0.4, -0.2) is 45.8 Å². The van der Waals surface area contributed by atoms with Gasteiger partial charge in [0.15, 0.2) is 0 Å². The molecule has 0 bridgehead atoms. The van der Waals surface area contributed by atoms with E-state index in [0.29, 0.717) is 0 Å². The van der Waals surface area contributed by atoms with Crippen molar-refractivity contribution < 1.29 is 10.2 Å². The van der Waals surface area contributed by atoms with Gasteiger partial charge in [0, 0.05) is 0 Å². The van der Waals surface area contributed by atoms with Gasteiger partial charge in [-0.25, -0.2) is 0 Å². The van der Waals surface area contributed by atoms with Crippen LogP contribution in [0.1, 0.15) is 13.8 Å². The molecule has 0 amide bonds. The van der Waals surface area contributed by atoms with Crippen LogP contribution >= 0.6 is 0 Å². The molecule has 6 heteroatoms. The van der Waals surface area contributed by atoms with Crippen molar-refractivity contribution in [2.45, 2.75) is 19.9 Å². The van der Waals surface area contributed by atoms with Gasteiger partial charge in [0.05, 0.1) is 11.0 Å². The predicted octanol–water partition coefficient (Wildman–Crippen LogP) is -0.397. The van der Waals surface area contributed by atoms with Crippen LogP contribution in [0.3, 0.4) is 0 Å². The Balaban J connectivity index is 0. The Morgan fingerprint density at radius 2 is 2.11 bits per heavy atom. The zero-order valence-electron chi connectivity index (χ0n) is 4.83. The molecule has 0 fully saturated rings. The molecule has 0 aromatic rings. The van der Waals surface area contributed by atoms with E-state index in [1.165, 1.54) is 0 Å². The van der Waals surface area contributed by atoms with E-state index in [9.17, 15) is 5.21 Å². The van der Waals surface area contributed by atoms with Crippen molar-refractivity contribution in [3.05, 3.63) is 5.21 Å². The maximum absolute atomic E-state index is 10.0. The molecule has 0 aromatic carbocycles. The van der Waals surface area contributed by atoms with E-state index in [2.05, 4.69) is 10.7 Å². The Morgan fingerprint density at radius 1 is 1.67 bits per heavy atom. The first-order chi connectivity index (χ1) is 3.66. The molecule has 0 aliphatic carbocycles. The monoisotopic (exact) mass is 143 g/mol. The first-order valence-electron chi connectivity index (χ1n) is 2.25. The molecule has 2 N–H and O–H groups in total. The number of rotatable bonds is 2. The van der Waals surface area contributed by atoms with Crippen LogP contribution < -0.4 is 5.43 Å². The van der Waals surface area contributed by atoms with Gasteiger partial charge in [0.25, 0.3) is 0 Å². The summed E-state index contributed by atoms with van der Waals surface area (Å²) >= 11 is 0. The first kappa shape index (κ1) is 11.8. The molecule has 0 unspecified atom stereocenters. The van der Waals surface area contributed by atoms with Crippen molar-refractivity contribution in [1.82, 2.24) is 5.43 Å². The molecule has 0 rings (SSSR count). The number of hydrogen-bond donors (Lipinski definition) is 2. The molecule has 0 heterocycles. The molecule has 5 nitrogen and oxygen atoms in total. The van der Waals surface area contributed by atoms with Gasteiger partial charge in [-0.3, -0.25) is 0 Å². The second-order valence-electron chi connectivity index (χ2n) is 1.65. The van der Waals surface area contributed by atoms with Gasteiger partial charge in [-0.2, -0.15) is 5.43 Å². The average molecular weight is 143 g/mol. The Labute approximate surface area is 75.6 Å². The summed E-state index contributed by atoms with van der Waals surface area (Å²) in [6.45, 7) is 3.52. The summed E-state index contributed by atoms with van der Waals surface area (Å²) in [6, 6.07) is -0.0107. The van der Waals surface area contributed by atoms with Crippen LogP contribution in [0.4, 0.5) is 0 Å². The maximum atomic E-state index is 10.0. The molecule has 0 saturated carbocycles. The van der Waals surface area contributed by atoms with Crippen molar-refractivity contribution >= 4 is 29.6 Å². The van der Waals surface area contributed by atoms with Crippen LogP contribution in [0, 0.1) is 5.21 Å². The molecule has 9 heavy (non-hydrogen) atoms. The fourth-order valence-electron chi connectivity index (χ4n) is 0.247. The summed E-state index contributed by atoms with van der Waals surface area (Å²) in [6.07, 6.45) is 0. The second kappa shape index (κ2) is 6.12. The molecule has 0 saturated heterocycles. The van der Waals surface area contributed by atoms with E-state index in [1.807, 2.05) is 0 Å². The van der Waals surface area contributed by atoms with E-state index >= 15 is 0 Å². The average Bonchev–Trinajstić information content (AvgIpc) is 1.65. The summed E-state index contributed by atoms with van der Waals surface area (Å²) in [5, 5.41) is 20.1. The third-order valence-corrected chi connectivity index (χ3v) is 0.450. The molecular formula is C3H10N3NaO2. The van der Waals surface area contributed by atoms with E-state index in [1.54, 1.807) is 13.8 Å². The predicted molar refractivity (Wildman–Crippen MR) is 33.3 cm³/mol. The summed E-state index contributed by atoms with van der Waals surface area (Å²) in [7, 11) is 0. The van der Waals surface area contributed by atoms with Crippen molar-refractivity contribution in [1.29, 1.82) is 0 Å². The van der Waals surface area contributed by atoms with Crippen LogP contribution in [0.2, 0.25) is 0 Å². The number of nitrogens with one attached hydrogen (secondary N) is 1. The zero-order chi connectivity index (χ0) is 6.57. The molecule has 0 aliphatic heterocycles. The molecule has 0 aliphatic rings. The summed E-state index contributed by atoms with van der Waals surface area (Å²) in [5.41, 5.74) is 2.25. The van der Waals surface area contributed by atoms with Gasteiger partial charge < -0.3 is 10.4 Å². The van der Waals surface area contributed by atoms with Crippen LogP contribution in [0.25, 0.3) is 0 Å². The standard InChI is InChI=1S/C3H9N3O2.Na.H/c1-3(2)4-6(8)5-7;;/h3,7H,1-2H3,(H,4,5);;. The zero-order valence-corrected chi connectivity index (χ0v) is 4.83. The third-order valence-electron chi connectivity index (χ3n) is 0.450. The Hall–Kier alpha value is 0. The van der Waals surface area contributed by atoms with Gasteiger partial charge in [0.1, 0.15) is 0 Å². The SMILES string of the molecule is CC(C)N[N+]([O-])=NO.[NaH]. The minimum atomic E-state index is -0.0107. The van der Waals surface area contributed by atoms with E-state index in [-0.39, 0.29) is 40.6 Å².